The molecule has 2 atom stereocenters. The van der Waals surface area contributed by atoms with E-state index < -0.39 is 27.0 Å². The fourth-order valence-corrected chi connectivity index (χ4v) is 3.25. The standard InChI is InChI=1S/C12H17FO3S/c1-3-11(17(15,16)4-2)12(14)9-5-7-10(13)8-6-9/h5-8,11-12,14H,3-4H2,1-2H3. The van der Waals surface area contributed by atoms with Crippen LogP contribution < -0.4 is 0 Å². The van der Waals surface area contributed by atoms with Crippen molar-refractivity contribution in [2.75, 3.05) is 5.75 Å². The summed E-state index contributed by atoms with van der Waals surface area (Å²) >= 11 is 0. The first-order chi connectivity index (χ1) is 7.92. The topological polar surface area (TPSA) is 54.4 Å². The Morgan fingerprint density at radius 3 is 2.18 bits per heavy atom. The minimum absolute atomic E-state index is 0.0102. The van der Waals surface area contributed by atoms with Crippen molar-refractivity contribution in [3.05, 3.63) is 35.6 Å². The van der Waals surface area contributed by atoms with Crippen LogP contribution in [0.1, 0.15) is 31.9 Å². The zero-order chi connectivity index (χ0) is 13.1. The average molecular weight is 260 g/mol. The molecule has 0 aliphatic carbocycles. The van der Waals surface area contributed by atoms with E-state index in [4.69, 9.17) is 0 Å². The first-order valence-electron chi connectivity index (χ1n) is 5.57. The molecule has 0 radical (unpaired) electrons. The molecule has 5 heteroatoms. The molecule has 0 aliphatic rings. The molecule has 0 saturated heterocycles. The zero-order valence-corrected chi connectivity index (χ0v) is 10.7. The van der Waals surface area contributed by atoms with Crippen molar-refractivity contribution in [3.8, 4) is 0 Å². The second kappa shape index (κ2) is 5.60. The van der Waals surface area contributed by atoms with Gasteiger partial charge in [-0.1, -0.05) is 26.0 Å². The summed E-state index contributed by atoms with van der Waals surface area (Å²) in [6.07, 6.45) is -0.778. The SMILES string of the molecule is CCC(C(O)c1ccc(F)cc1)S(=O)(=O)CC. The van der Waals surface area contributed by atoms with Crippen molar-refractivity contribution in [3.63, 3.8) is 0 Å². The van der Waals surface area contributed by atoms with Gasteiger partial charge in [-0.15, -0.1) is 0 Å². The third kappa shape index (κ3) is 3.26. The van der Waals surface area contributed by atoms with Crippen LogP contribution in [0, 0.1) is 5.82 Å². The van der Waals surface area contributed by atoms with E-state index in [2.05, 4.69) is 0 Å². The maximum Gasteiger partial charge on any atom is 0.155 e. The summed E-state index contributed by atoms with van der Waals surface area (Å²) in [6.45, 7) is 3.26. The maximum absolute atomic E-state index is 12.7. The highest BCUT2D eigenvalue weighted by Gasteiger charge is 2.30. The van der Waals surface area contributed by atoms with Crippen LogP contribution in [-0.4, -0.2) is 24.5 Å². The van der Waals surface area contributed by atoms with Crippen LogP contribution in [0.15, 0.2) is 24.3 Å². The highest BCUT2D eigenvalue weighted by atomic mass is 32.2. The van der Waals surface area contributed by atoms with Crippen molar-refractivity contribution >= 4 is 9.84 Å². The Hall–Kier alpha value is -0.940. The summed E-state index contributed by atoms with van der Waals surface area (Å²) in [5, 5.41) is 9.20. The molecule has 0 amide bonds. The average Bonchev–Trinajstić information content (AvgIpc) is 2.30. The summed E-state index contributed by atoms with van der Waals surface area (Å²) in [5.41, 5.74) is 0.426. The first kappa shape index (κ1) is 14.1. The number of hydrogen-bond donors (Lipinski definition) is 1. The number of aliphatic hydroxyl groups is 1. The lowest BCUT2D eigenvalue weighted by Crippen LogP contribution is -2.29. The van der Waals surface area contributed by atoms with E-state index in [1.54, 1.807) is 13.8 Å². The molecule has 0 aromatic heterocycles. The van der Waals surface area contributed by atoms with Gasteiger partial charge in [0.15, 0.2) is 9.84 Å². The van der Waals surface area contributed by atoms with Gasteiger partial charge in [0, 0.05) is 5.75 Å². The zero-order valence-electron chi connectivity index (χ0n) is 9.93. The van der Waals surface area contributed by atoms with Crippen LogP contribution in [0.2, 0.25) is 0 Å². The lowest BCUT2D eigenvalue weighted by Gasteiger charge is -2.21. The highest BCUT2D eigenvalue weighted by molar-refractivity contribution is 7.92. The van der Waals surface area contributed by atoms with Crippen LogP contribution in [-0.2, 0) is 9.84 Å². The summed E-state index contributed by atoms with van der Waals surface area (Å²) in [6, 6.07) is 5.25. The normalized spacial score (nSPS) is 15.5. The van der Waals surface area contributed by atoms with Gasteiger partial charge in [0.05, 0.1) is 11.4 Å². The van der Waals surface area contributed by atoms with Gasteiger partial charge in [0.25, 0.3) is 0 Å². The van der Waals surface area contributed by atoms with Gasteiger partial charge in [-0.3, -0.25) is 0 Å². The van der Waals surface area contributed by atoms with E-state index in [1.807, 2.05) is 0 Å². The molecular formula is C12H17FO3S. The van der Waals surface area contributed by atoms with Gasteiger partial charge in [-0.2, -0.15) is 0 Å². The van der Waals surface area contributed by atoms with Gasteiger partial charge >= 0.3 is 0 Å². The number of benzene rings is 1. The van der Waals surface area contributed by atoms with Crippen molar-refractivity contribution in [2.24, 2.45) is 0 Å². The molecule has 1 N–H and O–H groups in total. The Balaban J connectivity index is 3.02. The molecular weight excluding hydrogens is 243 g/mol. The van der Waals surface area contributed by atoms with Gasteiger partial charge in [-0.25, -0.2) is 12.8 Å². The van der Waals surface area contributed by atoms with Crippen LogP contribution in [0.4, 0.5) is 4.39 Å². The van der Waals surface area contributed by atoms with Gasteiger partial charge < -0.3 is 5.11 Å². The van der Waals surface area contributed by atoms with Crippen molar-refractivity contribution < 1.29 is 17.9 Å². The minimum Gasteiger partial charge on any atom is -0.387 e. The molecule has 0 bridgehead atoms. The van der Waals surface area contributed by atoms with E-state index in [1.165, 1.54) is 24.3 Å². The Bertz CT molecular complexity index is 453. The van der Waals surface area contributed by atoms with Crippen molar-refractivity contribution in [2.45, 2.75) is 31.6 Å². The monoisotopic (exact) mass is 260 g/mol. The molecule has 3 nitrogen and oxygen atoms in total. The van der Waals surface area contributed by atoms with Crippen molar-refractivity contribution in [1.82, 2.24) is 0 Å². The molecule has 0 spiro atoms. The number of sulfone groups is 1. The van der Waals surface area contributed by atoms with E-state index in [9.17, 15) is 17.9 Å². The third-order valence-corrected chi connectivity index (χ3v) is 5.15. The van der Waals surface area contributed by atoms with E-state index in [0.717, 1.165) is 0 Å². The van der Waals surface area contributed by atoms with Crippen molar-refractivity contribution in [1.29, 1.82) is 0 Å². The number of rotatable bonds is 5. The lowest BCUT2D eigenvalue weighted by molar-refractivity contribution is 0.169. The molecule has 17 heavy (non-hydrogen) atoms. The summed E-state index contributed by atoms with van der Waals surface area (Å²) in [5.74, 6) is -0.420. The molecule has 0 saturated carbocycles. The smallest absolute Gasteiger partial charge is 0.155 e. The lowest BCUT2D eigenvalue weighted by atomic mass is 10.1. The second-order valence-corrected chi connectivity index (χ2v) is 6.40. The predicted octanol–water partition coefficient (Wildman–Crippen LogP) is 2.07. The molecule has 1 aromatic rings. The summed E-state index contributed by atoms with van der Waals surface area (Å²) in [4.78, 5) is 0. The van der Waals surface area contributed by atoms with E-state index >= 15 is 0 Å². The Labute approximate surface area is 101 Å². The second-order valence-electron chi connectivity index (χ2n) is 3.89. The molecule has 0 heterocycles. The van der Waals surface area contributed by atoms with Gasteiger partial charge in [-0.05, 0) is 24.1 Å². The van der Waals surface area contributed by atoms with Crippen LogP contribution >= 0.6 is 0 Å². The fraction of sp³-hybridized carbons (Fsp3) is 0.500. The molecule has 1 rings (SSSR count). The fourth-order valence-electron chi connectivity index (χ4n) is 1.76. The van der Waals surface area contributed by atoms with E-state index in [-0.39, 0.29) is 5.75 Å². The largest absolute Gasteiger partial charge is 0.387 e. The third-order valence-electron chi connectivity index (χ3n) is 2.83. The molecule has 0 aliphatic heterocycles. The van der Waals surface area contributed by atoms with Crippen LogP contribution in [0.25, 0.3) is 0 Å². The number of hydrogen-bond acceptors (Lipinski definition) is 3. The highest BCUT2D eigenvalue weighted by Crippen LogP contribution is 2.25. The molecule has 1 aromatic carbocycles. The van der Waals surface area contributed by atoms with E-state index in [0.29, 0.717) is 12.0 Å². The minimum atomic E-state index is -3.31. The Morgan fingerprint density at radius 1 is 1.24 bits per heavy atom. The summed E-state index contributed by atoms with van der Waals surface area (Å²) in [7, 11) is -3.31. The first-order valence-corrected chi connectivity index (χ1v) is 7.29. The predicted molar refractivity (Wildman–Crippen MR) is 64.9 cm³/mol. The quantitative estimate of drug-likeness (QED) is 0.881. The molecule has 96 valence electrons. The maximum atomic E-state index is 12.7. The van der Waals surface area contributed by atoms with Gasteiger partial charge in [0.1, 0.15) is 5.82 Å². The number of halogens is 1. The number of aliphatic hydroxyl groups excluding tert-OH is 1. The molecule has 2 unspecified atom stereocenters. The summed E-state index contributed by atoms with van der Waals surface area (Å²) < 4.78 is 36.3. The van der Waals surface area contributed by atoms with Crippen LogP contribution in [0.5, 0.6) is 0 Å². The van der Waals surface area contributed by atoms with Crippen LogP contribution in [0.3, 0.4) is 0 Å². The molecule has 0 fully saturated rings. The Kier molecular flexibility index (Phi) is 4.65. The Morgan fingerprint density at radius 2 is 1.76 bits per heavy atom. The van der Waals surface area contributed by atoms with Gasteiger partial charge in [0.2, 0.25) is 0 Å².